The lowest BCUT2D eigenvalue weighted by Gasteiger charge is -2.15. The number of carbonyl (C=O) groups excluding carboxylic acids is 1. The van der Waals surface area contributed by atoms with E-state index in [0.717, 1.165) is 19.4 Å². The van der Waals surface area contributed by atoms with Gasteiger partial charge in [-0.1, -0.05) is 20.8 Å². The molecule has 2 N–H and O–H groups in total. The third kappa shape index (κ3) is 4.32. The minimum absolute atomic E-state index is 0.120. The summed E-state index contributed by atoms with van der Waals surface area (Å²) < 4.78 is 0. The Morgan fingerprint density at radius 3 is 2.63 bits per heavy atom. The Balaban J connectivity index is 1.81. The molecule has 106 valence electrons. The van der Waals surface area contributed by atoms with Crippen molar-refractivity contribution in [2.24, 2.45) is 0 Å². The van der Waals surface area contributed by atoms with E-state index in [4.69, 9.17) is 0 Å². The molecule has 1 aliphatic rings. The zero-order valence-electron chi connectivity index (χ0n) is 12.2. The van der Waals surface area contributed by atoms with Gasteiger partial charge in [-0.15, -0.1) is 11.3 Å². The van der Waals surface area contributed by atoms with Crippen LogP contribution in [-0.4, -0.2) is 18.0 Å². The summed E-state index contributed by atoms with van der Waals surface area (Å²) in [4.78, 5) is 14.5. The summed E-state index contributed by atoms with van der Waals surface area (Å²) in [5.41, 5.74) is 0.206. The van der Waals surface area contributed by atoms with E-state index in [2.05, 4.69) is 43.5 Å². The molecule has 0 aliphatic heterocycles. The van der Waals surface area contributed by atoms with Gasteiger partial charge in [0.2, 0.25) is 5.91 Å². The highest BCUT2D eigenvalue weighted by atomic mass is 32.1. The Kier molecular flexibility index (Phi) is 4.31. The molecule has 0 bridgehead atoms. The molecule has 1 atom stereocenters. The van der Waals surface area contributed by atoms with Gasteiger partial charge < -0.3 is 10.6 Å². The predicted octanol–water partition coefficient (Wildman–Crippen LogP) is 2.80. The molecule has 0 aromatic carbocycles. The quantitative estimate of drug-likeness (QED) is 0.871. The molecule has 1 saturated carbocycles. The maximum atomic E-state index is 11.8. The standard InChI is InChI=1S/C15H24N2OS/c1-10(14(18)17-11-5-6-11)16-9-12-7-8-13(19-12)15(2,3)4/h7-8,10-11,16H,5-6,9H2,1-4H3,(H,17,18). The van der Waals surface area contributed by atoms with E-state index in [9.17, 15) is 4.79 Å². The van der Waals surface area contributed by atoms with Gasteiger partial charge >= 0.3 is 0 Å². The lowest BCUT2D eigenvalue weighted by molar-refractivity contribution is -0.122. The van der Waals surface area contributed by atoms with Crippen LogP contribution >= 0.6 is 11.3 Å². The fourth-order valence-corrected chi connectivity index (χ4v) is 2.79. The van der Waals surface area contributed by atoms with E-state index in [1.165, 1.54) is 9.75 Å². The molecule has 1 fully saturated rings. The van der Waals surface area contributed by atoms with Gasteiger partial charge in [0.25, 0.3) is 0 Å². The van der Waals surface area contributed by atoms with Crippen LogP contribution in [0.3, 0.4) is 0 Å². The second-order valence-corrected chi connectivity index (χ2v) is 7.57. The highest BCUT2D eigenvalue weighted by Crippen LogP contribution is 2.29. The molecule has 2 rings (SSSR count). The van der Waals surface area contributed by atoms with Crippen LogP contribution in [0, 0.1) is 0 Å². The monoisotopic (exact) mass is 280 g/mol. The number of hydrogen-bond donors (Lipinski definition) is 2. The Morgan fingerprint density at radius 2 is 2.11 bits per heavy atom. The van der Waals surface area contributed by atoms with Crippen molar-refractivity contribution >= 4 is 17.2 Å². The number of thiophene rings is 1. The Bertz CT molecular complexity index is 443. The Labute approximate surface area is 119 Å². The van der Waals surface area contributed by atoms with Crippen molar-refractivity contribution in [2.75, 3.05) is 0 Å². The molecule has 0 spiro atoms. The van der Waals surface area contributed by atoms with Crippen molar-refractivity contribution < 1.29 is 4.79 Å². The SMILES string of the molecule is CC(NCc1ccc(C(C)(C)C)s1)C(=O)NC1CC1. The molecule has 1 heterocycles. The van der Waals surface area contributed by atoms with Crippen molar-refractivity contribution in [3.05, 3.63) is 21.9 Å². The minimum Gasteiger partial charge on any atom is -0.352 e. The number of amides is 1. The maximum absolute atomic E-state index is 11.8. The van der Waals surface area contributed by atoms with Gasteiger partial charge in [0.15, 0.2) is 0 Å². The minimum atomic E-state index is -0.124. The Morgan fingerprint density at radius 1 is 1.42 bits per heavy atom. The van der Waals surface area contributed by atoms with Crippen LogP contribution in [0.4, 0.5) is 0 Å². The molecule has 1 aliphatic carbocycles. The average Bonchev–Trinajstić information content (AvgIpc) is 2.99. The molecule has 4 heteroatoms. The lowest BCUT2D eigenvalue weighted by Crippen LogP contribution is -2.42. The molecular formula is C15H24N2OS. The lowest BCUT2D eigenvalue weighted by atomic mass is 9.95. The summed E-state index contributed by atoms with van der Waals surface area (Å²) in [6.07, 6.45) is 2.27. The van der Waals surface area contributed by atoms with Crippen LogP contribution in [0.15, 0.2) is 12.1 Å². The maximum Gasteiger partial charge on any atom is 0.237 e. The second-order valence-electron chi connectivity index (χ2n) is 6.40. The summed E-state index contributed by atoms with van der Waals surface area (Å²) in [7, 11) is 0. The first-order valence-corrected chi connectivity index (χ1v) is 7.81. The largest absolute Gasteiger partial charge is 0.352 e. The number of nitrogens with one attached hydrogen (secondary N) is 2. The van der Waals surface area contributed by atoms with Crippen LogP contribution in [0.1, 0.15) is 50.3 Å². The summed E-state index contributed by atoms with van der Waals surface area (Å²) >= 11 is 1.83. The van der Waals surface area contributed by atoms with Gasteiger partial charge in [-0.05, 0) is 37.3 Å². The first kappa shape index (κ1) is 14.5. The molecule has 19 heavy (non-hydrogen) atoms. The first-order valence-electron chi connectivity index (χ1n) is 6.99. The summed E-state index contributed by atoms with van der Waals surface area (Å²) in [5, 5.41) is 6.32. The molecule has 1 unspecified atom stereocenters. The van der Waals surface area contributed by atoms with Gasteiger partial charge in [-0.3, -0.25) is 4.79 Å². The van der Waals surface area contributed by atoms with Crippen molar-refractivity contribution in [2.45, 2.75) is 64.6 Å². The van der Waals surface area contributed by atoms with Gasteiger partial charge in [0.1, 0.15) is 0 Å². The molecule has 0 saturated heterocycles. The summed E-state index contributed by atoms with van der Waals surface area (Å²) in [6.45, 7) is 9.36. The van der Waals surface area contributed by atoms with E-state index in [1.54, 1.807) is 0 Å². The van der Waals surface area contributed by atoms with E-state index < -0.39 is 0 Å². The zero-order chi connectivity index (χ0) is 14.0. The van der Waals surface area contributed by atoms with Gasteiger partial charge in [-0.2, -0.15) is 0 Å². The molecule has 1 amide bonds. The number of carbonyl (C=O) groups is 1. The van der Waals surface area contributed by atoms with E-state index in [1.807, 2.05) is 18.3 Å². The molecule has 3 nitrogen and oxygen atoms in total. The number of rotatable bonds is 5. The number of hydrogen-bond acceptors (Lipinski definition) is 3. The third-order valence-electron chi connectivity index (χ3n) is 3.30. The van der Waals surface area contributed by atoms with Gasteiger partial charge in [0.05, 0.1) is 6.04 Å². The van der Waals surface area contributed by atoms with Crippen LogP contribution < -0.4 is 10.6 Å². The van der Waals surface area contributed by atoms with Crippen molar-refractivity contribution in [3.8, 4) is 0 Å². The highest BCUT2D eigenvalue weighted by molar-refractivity contribution is 7.12. The van der Waals surface area contributed by atoms with Crippen molar-refractivity contribution in [3.63, 3.8) is 0 Å². The fourth-order valence-electron chi connectivity index (χ4n) is 1.78. The fraction of sp³-hybridized carbons (Fsp3) is 0.667. The average molecular weight is 280 g/mol. The van der Waals surface area contributed by atoms with Crippen LogP contribution in [0.25, 0.3) is 0 Å². The van der Waals surface area contributed by atoms with E-state index >= 15 is 0 Å². The first-order chi connectivity index (χ1) is 8.86. The van der Waals surface area contributed by atoms with Crippen LogP contribution in [-0.2, 0) is 16.8 Å². The topological polar surface area (TPSA) is 41.1 Å². The molecular weight excluding hydrogens is 256 g/mol. The zero-order valence-corrected chi connectivity index (χ0v) is 13.1. The highest BCUT2D eigenvalue weighted by Gasteiger charge is 2.25. The van der Waals surface area contributed by atoms with Crippen molar-refractivity contribution in [1.82, 2.24) is 10.6 Å². The Hall–Kier alpha value is -0.870. The van der Waals surface area contributed by atoms with E-state index in [0.29, 0.717) is 6.04 Å². The summed E-state index contributed by atoms with van der Waals surface area (Å²) in [5.74, 6) is 0.120. The predicted molar refractivity (Wildman–Crippen MR) is 80.5 cm³/mol. The van der Waals surface area contributed by atoms with Crippen LogP contribution in [0.2, 0.25) is 0 Å². The normalized spacial score (nSPS) is 17.3. The van der Waals surface area contributed by atoms with Crippen LogP contribution in [0.5, 0.6) is 0 Å². The summed E-state index contributed by atoms with van der Waals surface area (Å²) in [6, 6.07) is 4.66. The van der Waals surface area contributed by atoms with Crippen molar-refractivity contribution in [1.29, 1.82) is 0 Å². The molecule has 0 radical (unpaired) electrons. The van der Waals surface area contributed by atoms with Gasteiger partial charge in [0, 0.05) is 22.3 Å². The third-order valence-corrected chi connectivity index (χ3v) is 4.81. The smallest absolute Gasteiger partial charge is 0.237 e. The molecule has 1 aromatic heterocycles. The molecule has 1 aromatic rings. The van der Waals surface area contributed by atoms with E-state index in [-0.39, 0.29) is 17.4 Å². The second kappa shape index (κ2) is 5.63. The van der Waals surface area contributed by atoms with Gasteiger partial charge in [-0.25, -0.2) is 0 Å².